The van der Waals surface area contributed by atoms with Crippen LogP contribution in [-0.2, 0) is 4.79 Å². The number of piperazine rings is 1. The van der Waals surface area contributed by atoms with E-state index in [1.807, 2.05) is 0 Å². The van der Waals surface area contributed by atoms with Crippen LogP contribution in [0.4, 0.5) is 0 Å². The number of carbonyl (C=O) groups is 1. The summed E-state index contributed by atoms with van der Waals surface area (Å²) in [4.78, 5) is 16.8. The van der Waals surface area contributed by atoms with Gasteiger partial charge in [-0.05, 0) is 52.2 Å². The van der Waals surface area contributed by atoms with Gasteiger partial charge < -0.3 is 15.5 Å². The fraction of sp³-hybridized carbons (Fsp3) is 0.938. The van der Waals surface area contributed by atoms with E-state index in [0.29, 0.717) is 12.5 Å². The van der Waals surface area contributed by atoms with Gasteiger partial charge in [0.1, 0.15) is 0 Å². The van der Waals surface area contributed by atoms with E-state index in [4.69, 9.17) is 0 Å². The van der Waals surface area contributed by atoms with Crippen molar-refractivity contribution in [3.05, 3.63) is 0 Å². The zero-order valence-corrected chi connectivity index (χ0v) is 17.4. The first-order valence-corrected chi connectivity index (χ1v) is 8.55. The summed E-state index contributed by atoms with van der Waals surface area (Å²) in [6.07, 6.45) is 4.20. The van der Waals surface area contributed by atoms with Crippen molar-refractivity contribution >= 4 is 43.1 Å². The van der Waals surface area contributed by atoms with Crippen LogP contribution in [0.15, 0.2) is 0 Å². The number of likely N-dealkylation sites (N-methyl/N-ethyl adjacent to an activating group) is 1. The van der Waals surface area contributed by atoms with Gasteiger partial charge in [0.05, 0.1) is 0 Å². The maximum atomic E-state index is 12.0. The fourth-order valence-electron chi connectivity index (χ4n) is 3.25. The normalized spacial score (nSPS) is 20.9. The summed E-state index contributed by atoms with van der Waals surface area (Å²) in [5.41, 5.74) is 0. The van der Waals surface area contributed by atoms with E-state index >= 15 is 0 Å². The molecule has 2 fully saturated rings. The Kier molecular flexibility index (Phi) is 15.9. The molecule has 2 aliphatic heterocycles. The summed E-state index contributed by atoms with van der Waals surface area (Å²) in [5, 5.41) is 6.49. The van der Waals surface area contributed by atoms with E-state index in [2.05, 4.69) is 34.4 Å². The topological polar surface area (TPSA) is 47.6 Å². The van der Waals surface area contributed by atoms with Crippen molar-refractivity contribution in [1.29, 1.82) is 0 Å². The van der Waals surface area contributed by atoms with Gasteiger partial charge >= 0.3 is 0 Å². The lowest BCUT2D eigenvalue weighted by Gasteiger charge is -2.36. The van der Waals surface area contributed by atoms with Crippen LogP contribution in [0.2, 0.25) is 0 Å². The molecular formula is C16H35Cl3N4O. The minimum absolute atomic E-state index is 0. The second kappa shape index (κ2) is 14.4. The van der Waals surface area contributed by atoms with Gasteiger partial charge in [-0.1, -0.05) is 0 Å². The molecule has 0 aromatic heterocycles. The standard InChI is InChI=1S/C16H32N4O.3ClH/c1-14(20-11-9-19(2)10-12-20)13-18-16(21)4-3-15-5-7-17-8-6-15;;;/h14-15,17H,3-13H2,1-2H3,(H,18,21);3*1H. The second-order valence-corrected chi connectivity index (χ2v) is 6.72. The highest BCUT2D eigenvalue weighted by Crippen LogP contribution is 2.17. The zero-order valence-electron chi connectivity index (χ0n) is 15.0. The van der Waals surface area contributed by atoms with Gasteiger partial charge in [-0.3, -0.25) is 9.69 Å². The van der Waals surface area contributed by atoms with Crippen LogP contribution in [-0.4, -0.2) is 74.6 Å². The monoisotopic (exact) mass is 404 g/mol. The SMILES string of the molecule is CC(CNC(=O)CCC1CCNCC1)N1CCN(C)CC1.Cl.Cl.Cl. The molecule has 2 rings (SSSR count). The van der Waals surface area contributed by atoms with Crippen molar-refractivity contribution in [2.24, 2.45) is 5.92 Å². The highest BCUT2D eigenvalue weighted by atomic mass is 35.5. The van der Waals surface area contributed by atoms with Crippen molar-refractivity contribution in [2.45, 2.75) is 38.6 Å². The van der Waals surface area contributed by atoms with E-state index in [0.717, 1.165) is 58.2 Å². The molecule has 2 heterocycles. The minimum atomic E-state index is 0. The summed E-state index contributed by atoms with van der Waals surface area (Å²) in [6.45, 7) is 9.74. The predicted molar refractivity (Wildman–Crippen MR) is 108 cm³/mol. The highest BCUT2D eigenvalue weighted by Gasteiger charge is 2.20. The van der Waals surface area contributed by atoms with Crippen LogP contribution in [0.25, 0.3) is 0 Å². The third kappa shape index (κ3) is 9.64. The van der Waals surface area contributed by atoms with Gasteiger partial charge in [-0.15, -0.1) is 37.2 Å². The lowest BCUT2D eigenvalue weighted by molar-refractivity contribution is -0.121. The van der Waals surface area contributed by atoms with Crippen molar-refractivity contribution in [2.75, 3.05) is 52.9 Å². The van der Waals surface area contributed by atoms with Gasteiger partial charge in [0.25, 0.3) is 0 Å². The number of halogens is 3. The number of rotatable bonds is 6. The number of hydrogen-bond donors (Lipinski definition) is 2. The molecule has 0 bridgehead atoms. The van der Waals surface area contributed by atoms with Gasteiger partial charge in [-0.2, -0.15) is 0 Å². The molecule has 0 saturated carbocycles. The van der Waals surface area contributed by atoms with Gasteiger partial charge in [0, 0.05) is 45.2 Å². The van der Waals surface area contributed by atoms with Crippen molar-refractivity contribution in [1.82, 2.24) is 20.4 Å². The van der Waals surface area contributed by atoms with Gasteiger partial charge in [-0.25, -0.2) is 0 Å². The van der Waals surface area contributed by atoms with Gasteiger partial charge in [0.15, 0.2) is 0 Å². The summed E-state index contributed by atoms with van der Waals surface area (Å²) < 4.78 is 0. The minimum Gasteiger partial charge on any atom is -0.355 e. The Balaban J connectivity index is 0. The first-order chi connectivity index (χ1) is 10.1. The Morgan fingerprint density at radius 1 is 1.12 bits per heavy atom. The maximum Gasteiger partial charge on any atom is 0.220 e. The van der Waals surface area contributed by atoms with Crippen molar-refractivity contribution in [3.63, 3.8) is 0 Å². The molecule has 2 saturated heterocycles. The van der Waals surface area contributed by atoms with Crippen LogP contribution in [0.5, 0.6) is 0 Å². The van der Waals surface area contributed by atoms with Crippen molar-refractivity contribution < 1.29 is 4.79 Å². The summed E-state index contributed by atoms with van der Waals surface area (Å²) in [7, 11) is 2.17. The summed E-state index contributed by atoms with van der Waals surface area (Å²) in [5.74, 6) is 0.974. The molecule has 1 atom stereocenters. The zero-order chi connectivity index (χ0) is 15.1. The lowest BCUT2D eigenvalue weighted by Crippen LogP contribution is -2.51. The van der Waals surface area contributed by atoms with Crippen LogP contribution >= 0.6 is 37.2 Å². The third-order valence-electron chi connectivity index (χ3n) is 4.99. The Morgan fingerprint density at radius 3 is 2.29 bits per heavy atom. The fourth-order valence-corrected chi connectivity index (χ4v) is 3.25. The smallest absolute Gasteiger partial charge is 0.220 e. The molecule has 0 aromatic carbocycles. The molecule has 146 valence electrons. The number of amides is 1. The third-order valence-corrected chi connectivity index (χ3v) is 4.99. The van der Waals surface area contributed by atoms with Crippen molar-refractivity contribution in [3.8, 4) is 0 Å². The number of carbonyl (C=O) groups excluding carboxylic acids is 1. The maximum absolute atomic E-state index is 12.0. The molecule has 5 nitrogen and oxygen atoms in total. The van der Waals surface area contributed by atoms with E-state index < -0.39 is 0 Å². The van der Waals surface area contributed by atoms with Crippen LogP contribution in [0, 0.1) is 5.92 Å². The molecule has 0 spiro atoms. The summed E-state index contributed by atoms with van der Waals surface area (Å²) >= 11 is 0. The molecule has 1 amide bonds. The molecule has 0 radical (unpaired) electrons. The predicted octanol–water partition coefficient (Wildman–Crippen LogP) is 1.78. The van der Waals surface area contributed by atoms with Crippen LogP contribution in [0.3, 0.4) is 0 Å². The second-order valence-electron chi connectivity index (χ2n) is 6.72. The number of piperidine rings is 1. The summed E-state index contributed by atoms with van der Waals surface area (Å²) in [6, 6.07) is 0.446. The number of hydrogen-bond acceptors (Lipinski definition) is 4. The number of nitrogens with zero attached hydrogens (tertiary/aromatic N) is 2. The average Bonchev–Trinajstić information content (AvgIpc) is 2.52. The Bertz CT molecular complexity index is 322. The molecule has 0 aliphatic carbocycles. The van der Waals surface area contributed by atoms with E-state index in [9.17, 15) is 4.79 Å². The molecular weight excluding hydrogens is 371 g/mol. The quantitative estimate of drug-likeness (QED) is 0.707. The Hall–Kier alpha value is 0.220. The lowest BCUT2D eigenvalue weighted by atomic mass is 9.93. The highest BCUT2D eigenvalue weighted by molar-refractivity contribution is 5.86. The first kappa shape index (κ1) is 26.4. The molecule has 24 heavy (non-hydrogen) atoms. The largest absolute Gasteiger partial charge is 0.355 e. The Morgan fingerprint density at radius 2 is 1.71 bits per heavy atom. The molecule has 1 unspecified atom stereocenters. The van der Waals surface area contributed by atoms with Gasteiger partial charge in [0.2, 0.25) is 5.91 Å². The number of nitrogens with one attached hydrogen (secondary N) is 2. The van der Waals surface area contributed by atoms with E-state index in [1.54, 1.807) is 0 Å². The average molecular weight is 406 g/mol. The van der Waals surface area contributed by atoms with E-state index in [1.165, 1.54) is 12.8 Å². The van der Waals surface area contributed by atoms with Crippen LogP contribution in [0.1, 0.15) is 32.6 Å². The Labute approximate surface area is 165 Å². The molecule has 2 N–H and O–H groups in total. The molecule has 8 heteroatoms. The van der Waals surface area contributed by atoms with Crippen LogP contribution < -0.4 is 10.6 Å². The van der Waals surface area contributed by atoms with E-state index in [-0.39, 0.29) is 43.1 Å². The first-order valence-electron chi connectivity index (χ1n) is 8.55. The molecule has 0 aromatic rings. The molecule has 2 aliphatic rings.